The fourth-order valence-corrected chi connectivity index (χ4v) is 3.25. The van der Waals surface area contributed by atoms with Crippen LogP contribution in [0, 0.1) is 5.82 Å². The lowest BCUT2D eigenvalue weighted by Gasteiger charge is -2.36. The summed E-state index contributed by atoms with van der Waals surface area (Å²) in [6.07, 6.45) is 1.31. The molecule has 6 heteroatoms. The molecule has 0 aromatic heterocycles. The molecule has 0 radical (unpaired) electrons. The van der Waals surface area contributed by atoms with Crippen LogP contribution in [0.25, 0.3) is 0 Å². The summed E-state index contributed by atoms with van der Waals surface area (Å²) >= 11 is 0. The van der Waals surface area contributed by atoms with E-state index >= 15 is 0 Å². The van der Waals surface area contributed by atoms with Crippen molar-refractivity contribution in [1.29, 1.82) is 0 Å². The minimum absolute atomic E-state index is 0. The summed E-state index contributed by atoms with van der Waals surface area (Å²) in [5, 5.41) is 3.43. The van der Waals surface area contributed by atoms with Gasteiger partial charge in [-0.2, -0.15) is 0 Å². The molecule has 1 aliphatic heterocycles. The summed E-state index contributed by atoms with van der Waals surface area (Å²) in [5.74, 6) is -0.547. The number of nitrogens with zero attached hydrogens (tertiary/aromatic N) is 1. The van der Waals surface area contributed by atoms with E-state index in [1.54, 1.807) is 18.2 Å². The molecule has 1 N–H and O–H groups in total. The summed E-state index contributed by atoms with van der Waals surface area (Å²) in [6, 6.07) is 17.0. The maximum atomic E-state index is 13.7. The standard InChI is InChI=1S/C20H23FN2O.2ClH/c21-19-9-5-4-8-18(19)20(24)10-12-23-13-11-22-15-17(23)14-16-6-2-1-3-7-16;;/h1-9,17,22H,10-15H2;2*1H. The first kappa shape index (κ1) is 22.6. The van der Waals surface area contributed by atoms with Crippen molar-refractivity contribution in [3.63, 3.8) is 0 Å². The maximum absolute atomic E-state index is 13.7. The third kappa shape index (κ3) is 6.06. The second-order valence-electron chi connectivity index (χ2n) is 6.24. The van der Waals surface area contributed by atoms with Gasteiger partial charge in [-0.15, -0.1) is 24.8 Å². The Labute approximate surface area is 166 Å². The van der Waals surface area contributed by atoms with Gasteiger partial charge in [0.25, 0.3) is 0 Å². The lowest BCUT2D eigenvalue weighted by atomic mass is 10.0. The minimum Gasteiger partial charge on any atom is -0.314 e. The number of hydrogen-bond donors (Lipinski definition) is 1. The summed E-state index contributed by atoms with van der Waals surface area (Å²) < 4.78 is 13.7. The molecule has 1 fully saturated rings. The van der Waals surface area contributed by atoms with Crippen molar-refractivity contribution in [2.45, 2.75) is 18.9 Å². The van der Waals surface area contributed by atoms with E-state index in [4.69, 9.17) is 0 Å². The van der Waals surface area contributed by atoms with Crippen LogP contribution in [0.5, 0.6) is 0 Å². The van der Waals surface area contributed by atoms with Gasteiger partial charge < -0.3 is 5.32 Å². The Bertz CT molecular complexity index is 685. The number of Topliss-reactive ketones (excluding diaryl/α,β-unsaturated/α-hetero) is 1. The van der Waals surface area contributed by atoms with Crippen LogP contribution in [-0.4, -0.2) is 42.9 Å². The van der Waals surface area contributed by atoms with Crippen LogP contribution >= 0.6 is 24.8 Å². The Morgan fingerprint density at radius 3 is 2.50 bits per heavy atom. The van der Waals surface area contributed by atoms with Crippen LogP contribution in [0.4, 0.5) is 4.39 Å². The molecule has 1 heterocycles. The minimum atomic E-state index is -0.427. The largest absolute Gasteiger partial charge is 0.314 e. The molecule has 26 heavy (non-hydrogen) atoms. The van der Waals surface area contributed by atoms with Gasteiger partial charge in [0.15, 0.2) is 5.78 Å². The summed E-state index contributed by atoms with van der Waals surface area (Å²) in [6.45, 7) is 3.44. The van der Waals surface area contributed by atoms with Crippen molar-refractivity contribution in [1.82, 2.24) is 10.2 Å². The van der Waals surface area contributed by atoms with Crippen LogP contribution in [-0.2, 0) is 6.42 Å². The molecule has 3 rings (SSSR count). The number of rotatable bonds is 6. The average Bonchev–Trinajstić information content (AvgIpc) is 2.62. The number of benzene rings is 2. The lowest BCUT2D eigenvalue weighted by molar-refractivity contribution is 0.0931. The molecular weight excluding hydrogens is 374 g/mol. The molecule has 1 atom stereocenters. The molecule has 142 valence electrons. The summed E-state index contributed by atoms with van der Waals surface area (Å²) in [5.41, 5.74) is 1.50. The Balaban J connectivity index is 0.00000169. The van der Waals surface area contributed by atoms with Crippen LogP contribution in [0.3, 0.4) is 0 Å². The molecule has 2 aromatic rings. The number of piperazine rings is 1. The first-order valence-electron chi connectivity index (χ1n) is 8.50. The van der Waals surface area contributed by atoms with Crippen molar-refractivity contribution in [3.05, 3.63) is 71.5 Å². The molecule has 3 nitrogen and oxygen atoms in total. The van der Waals surface area contributed by atoms with E-state index in [1.165, 1.54) is 11.6 Å². The molecule has 2 aromatic carbocycles. The Hall–Kier alpha value is -1.46. The molecule has 0 aliphatic carbocycles. The van der Waals surface area contributed by atoms with Crippen LogP contribution in [0.1, 0.15) is 22.3 Å². The third-order valence-electron chi connectivity index (χ3n) is 4.59. The highest BCUT2D eigenvalue weighted by Gasteiger charge is 2.23. The van der Waals surface area contributed by atoms with E-state index < -0.39 is 5.82 Å². The topological polar surface area (TPSA) is 32.3 Å². The molecule has 0 saturated carbocycles. The van der Waals surface area contributed by atoms with Gasteiger partial charge in [0.05, 0.1) is 5.56 Å². The van der Waals surface area contributed by atoms with E-state index in [1.807, 2.05) is 6.07 Å². The first-order chi connectivity index (χ1) is 11.7. The van der Waals surface area contributed by atoms with Gasteiger partial charge in [0.2, 0.25) is 0 Å². The highest BCUT2D eigenvalue weighted by Crippen LogP contribution is 2.14. The number of carbonyl (C=O) groups excluding carboxylic acids is 1. The van der Waals surface area contributed by atoms with Crippen molar-refractivity contribution in [3.8, 4) is 0 Å². The molecule has 0 bridgehead atoms. The van der Waals surface area contributed by atoms with E-state index in [-0.39, 0.29) is 36.2 Å². The monoisotopic (exact) mass is 398 g/mol. The van der Waals surface area contributed by atoms with E-state index in [0.717, 1.165) is 26.1 Å². The predicted molar refractivity (Wildman–Crippen MR) is 108 cm³/mol. The number of carbonyl (C=O) groups is 1. The van der Waals surface area contributed by atoms with Gasteiger partial charge in [0.1, 0.15) is 5.82 Å². The fraction of sp³-hybridized carbons (Fsp3) is 0.350. The fourth-order valence-electron chi connectivity index (χ4n) is 3.25. The second-order valence-corrected chi connectivity index (χ2v) is 6.24. The van der Waals surface area contributed by atoms with E-state index in [2.05, 4.69) is 34.5 Å². The zero-order chi connectivity index (χ0) is 16.8. The van der Waals surface area contributed by atoms with Crippen LogP contribution in [0.2, 0.25) is 0 Å². The van der Waals surface area contributed by atoms with E-state index in [9.17, 15) is 9.18 Å². The molecule has 1 unspecified atom stereocenters. The molecular formula is C20H25Cl2FN2O. The quantitative estimate of drug-likeness (QED) is 0.751. The Morgan fingerprint density at radius 1 is 1.08 bits per heavy atom. The molecule has 1 aliphatic rings. The Morgan fingerprint density at radius 2 is 1.77 bits per heavy atom. The zero-order valence-electron chi connectivity index (χ0n) is 14.6. The molecule has 0 spiro atoms. The number of halogens is 3. The zero-order valence-corrected chi connectivity index (χ0v) is 16.2. The average molecular weight is 399 g/mol. The molecule has 1 saturated heterocycles. The van der Waals surface area contributed by atoms with Gasteiger partial charge in [-0.1, -0.05) is 42.5 Å². The van der Waals surface area contributed by atoms with Crippen LogP contribution < -0.4 is 5.32 Å². The van der Waals surface area contributed by atoms with Crippen molar-refractivity contribution in [2.24, 2.45) is 0 Å². The second kappa shape index (κ2) is 11.3. The van der Waals surface area contributed by atoms with Gasteiger partial charge in [-0.05, 0) is 24.1 Å². The van der Waals surface area contributed by atoms with Crippen molar-refractivity contribution in [2.75, 3.05) is 26.2 Å². The number of hydrogen-bond acceptors (Lipinski definition) is 3. The summed E-state index contributed by atoms with van der Waals surface area (Å²) in [4.78, 5) is 14.6. The smallest absolute Gasteiger partial charge is 0.167 e. The molecule has 0 amide bonds. The van der Waals surface area contributed by atoms with Crippen molar-refractivity contribution < 1.29 is 9.18 Å². The van der Waals surface area contributed by atoms with Crippen LogP contribution in [0.15, 0.2) is 54.6 Å². The van der Waals surface area contributed by atoms with Gasteiger partial charge in [-0.3, -0.25) is 9.69 Å². The number of nitrogens with one attached hydrogen (secondary N) is 1. The Kier molecular flexibility index (Phi) is 9.81. The maximum Gasteiger partial charge on any atom is 0.167 e. The SMILES string of the molecule is Cl.Cl.O=C(CCN1CCNCC1Cc1ccccc1)c1ccccc1F. The first-order valence-corrected chi connectivity index (χ1v) is 8.50. The third-order valence-corrected chi connectivity index (χ3v) is 4.59. The highest BCUT2D eigenvalue weighted by atomic mass is 35.5. The van der Waals surface area contributed by atoms with Gasteiger partial charge in [-0.25, -0.2) is 4.39 Å². The normalized spacial score (nSPS) is 17.0. The summed E-state index contributed by atoms with van der Waals surface area (Å²) in [7, 11) is 0. The predicted octanol–water partition coefficient (Wildman–Crippen LogP) is 3.76. The van der Waals surface area contributed by atoms with Gasteiger partial charge >= 0.3 is 0 Å². The lowest BCUT2D eigenvalue weighted by Crippen LogP contribution is -2.52. The highest BCUT2D eigenvalue weighted by molar-refractivity contribution is 5.96. The van der Waals surface area contributed by atoms with E-state index in [0.29, 0.717) is 19.0 Å². The number of ketones is 1. The van der Waals surface area contributed by atoms with Crippen molar-refractivity contribution >= 4 is 30.6 Å². The van der Waals surface area contributed by atoms with Gasteiger partial charge in [0, 0.05) is 38.6 Å².